The van der Waals surface area contributed by atoms with Crippen LogP contribution in [0.4, 0.5) is 13.2 Å². The Hall–Kier alpha value is -2.55. The highest BCUT2D eigenvalue weighted by molar-refractivity contribution is 5.79. The first-order chi connectivity index (χ1) is 12.9. The van der Waals surface area contributed by atoms with Crippen LogP contribution in [0.5, 0.6) is 0 Å². The minimum atomic E-state index is -4.19. The normalized spacial score (nSPS) is 12.4. The van der Waals surface area contributed by atoms with Gasteiger partial charge in [-0.05, 0) is 24.2 Å². The summed E-state index contributed by atoms with van der Waals surface area (Å²) in [5.74, 6) is 0.546. The lowest BCUT2D eigenvalue weighted by Gasteiger charge is -2.19. The molecule has 2 rings (SSSR count). The Morgan fingerprint density at radius 3 is 2.56 bits per heavy atom. The largest absolute Gasteiger partial charge is 0.401 e. The Morgan fingerprint density at radius 2 is 1.93 bits per heavy atom. The van der Waals surface area contributed by atoms with Gasteiger partial charge in [0, 0.05) is 39.1 Å². The quantitative estimate of drug-likeness (QED) is 0.542. The fourth-order valence-electron chi connectivity index (χ4n) is 2.60. The average molecular weight is 382 g/mol. The van der Waals surface area contributed by atoms with Crippen molar-refractivity contribution in [3.05, 3.63) is 53.9 Å². The van der Waals surface area contributed by atoms with Crippen molar-refractivity contribution >= 4 is 5.96 Å². The van der Waals surface area contributed by atoms with E-state index in [-0.39, 0.29) is 6.54 Å². The van der Waals surface area contributed by atoms with E-state index in [1.165, 1.54) is 11.9 Å². The van der Waals surface area contributed by atoms with E-state index < -0.39 is 12.7 Å². The van der Waals surface area contributed by atoms with Crippen LogP contribution in [-0.4, -0.2) is 60.5 Å². The van der Waals surface area contributed by atoms with E-state index in [2.05, 4.69) is 20.7 Å². The van der Waals surface area contributed by atoms with Crippen molar-refractivity contribution in [2.45, 2.75) is 19.3 Å². The Balaban J connectivity index is 1.82. The summed E-state index contributed by atoms with van der Waals surface area (Å²) in [6.45, 7) is 0.910. The molecular weight excluding hydrogens is 357 g/mol. The molecule has 2 aromatic rings. The summed E-state index contributed by atoms with van der Waals surface area (Å²) >= 11 is 0. The minimum absolute atomic E-state index is 0.260. The first kappa shape index (κ1) is 20.8. The maximum Gasteiger partial charge on any atom is 0.401 e. The molecule has 0 unspecified atom stereocenters. The molecule has 0 atom stereocenters. The summed E-state index contributed by atoms with van der Waals surface area (Å²) in [6, 6.07) is 9.89. The summed E-state index contributed by atoms with van der Waals surface area (Å²) < 4.78 is 38.9. The molecule has 0 bridgehead atoms. The van der Waals surface area contributed by atoms with Crippen molar-refractivity contribution in [2.24, 2.45) is 4.99 Å². The number of likely N-dealkylation sites (N-methyl/N-ethyl adjacent to an activating group) is 1. The molecule has 2 N–H and O–H groups in total. The van der Waals surface area contributed by atoms with E-state index in [1.54, 1.807) is 13.2 Å². The molecule has 27 heavy (non-hydrogen) atoms. The maximum atomic E-state index is 12.3. The molecule has 0 spiro atoms. The van der Waals surface area contributed by atoms with Crippen LogP contribution in [-0.2, 0) is 13.1 Å². The fourth-order valence-corrected chi connectivity index (χ4v) is 2.60. The number of hydrogen-bond donors (Lipinski definition) is 2. The van der Waals surface area contributed by atoms with Crippen molar-refractivity contribution in [3.8, 4) is 0 Å². The van der Waals surface area contributed by atoms with Gasteiger partial charge < -0.3 is 10.6 Å². The van der Waals surface area contributed by atoms with Gasteiger partial charge in [-0.1, -0.05) is 24.3 Å². The van der Waals surface area contributed by atoms with Gasteiger partial charge in [0.2, 0.25) is 0 Å². The SMILES string of the molecule is CN=C(NCCN(C)CC(F)(F)F)NCc1ccccc1Cn1cccn1. The molecule has 1 aromatic carbocycles. The van der Waals surface area contributed by atoms with Crippen LogP contribution in [0.15, 0.2) is 47.7 Å². The Kier molecular flexibility index (Phi) is 7.66. The summed E-state index contributed by atoms with van der Waals surface area (Å²) in [5, 5.41) is 10.5. The zero-order chi connectivity index (χ0) is 19.7. The van der Waals surface area contributed by atoms with Gasteiger partial charge in [-0.2, -0.15) is 18.3 Å². The standard InChI is InChI=1S/C18H25F3N6/c1-22-17(23-9-11-26(2)14-18(19,20)21)24-12-15-6-3-4-7-16(15)13-27-10-5-8-25-27/h3-8,10H,9,11-14H2,1-2H3,(H2,22,23,24). The second-order valence-electron chi connectivity index (χ2n) is 6.18. The smallest absolute Gasteiger partial charge is 0.355 e. The van der Waals surface area contributed by atoms with Crippen LogP contribution >= 0.6 is 0 Å². The van der Waals surface area contributed by atoms with E-state index in [1.807, 2.05) is 41.2 Å². The van der Waals surface area contributed by atoms with Gasteiger partial charge in [-0.15, -0.1) is 0 Å². The van der Waals surface area contributed by atoms with E-state index in [0.717, 1.165) is 11.1 Å². The van der Waals surface area contributed by atoms with Crippen molar-refractivity contribution in [1.82, 2.24) is 25.3 Å². The summed E-state index contributed by atoms with van der Waals surface area (Å²) in [7, 11) is 3.07. The third-order valence-corrected chi connectivity index (χ3v) is 3.91. The molecule has 0 amide bonds. The molecule has 0 aliphatic heterocycles. The lowest BCUT2D eigenvalue weighted by atomic mass is 10.1. The summed E-state index contributed by atoms with van der Waals surface area (Å²) in [5.41, 5.74) is 2.24. The summed E-state index contributed by atoms with van der Waals surface area (Å²) in [4.78, 5) is 5.34. The molecule has 6 nitrogen and oxygen atoms in total. The highest BCUT2D eigenvalue weighted by Crippen LogP contribution is 2.15. The van der Waals surface area contributed by atoms with Gasteiger partial charge in [-0.3, -0.25) is 14.6 Å². The van der Waals surface area contributed by atoms with Crippen molar-refractivity contribution in [2.75, 3.05) is 33.7 Å². The molecule has 148 valence electrons. The number of guanidine groups is 1. The average Bonchev–Trinajstić information content (AvgIpc) is 3.10. The summed E-state index contributed by atoms with van der Waals surface area (Å²) in [6.07, 6.45) is -0.544. The topological polar surface area (TPSA) is 57.5 Å². The van der Waals surface area contributed by atoms with Crippen LogP contribution in [0.1, 0.15) is 11.1 Å². The number of aliphatic imine (C=N–C) groups is 1. The van der Waals surface area contributed by atoms with E-state index >= 15 is 0 Å². The number of alkyl halides is 3. The van der Waals surface area contributed by atoms with Gasteiger partial charge >= 0.3 is 6.18 Å². The Bertz CT molecular complexity index is 712. The van der Waals surface area contributed by atoms with E-state index in [4.69, 9.17) is 0 Å². The van der Waals surface area contributed by atoms with Gasteiger partial charge in [0.25, 0.3) is 0 Å². The van der Waals surface area contributed by atoms with Crippen molar-refractivity contribution in [3.63, 3.8) is 0 Å². The zero-order valence-corrected chi connectivity index (χ0v) is 15.5. The number of nitrogens with one attached hydrogen (secondary N) is 2. The first-order valence-corrected chi connectivity index (χ1v) is 8.61. The number of nitrogens with zero attached hydrogens (tertiary/aromatic N) is 4. The van der Waals surface area contributed by atoms with Crippen molar-refractivity contribution in [1.29, 1.82) is 0 Å². The predicted octanol–water partition coefficient (Wildman–Crippen LogP) is 2.09. The molecule has 0 saturated carbocycles. The molecule has 0 aliphatic carbocycles. The second-order valence-corrected chi connectivity index (χ2v) is 6.18. The van der Waals surface area contributed by atoms with Crippen LogP contribution in [0.2, 0.25) is 0 Å². The first-order valence-electron chi connectivity index (χ1n) is 8.61. The molecule has 0 fully saturated rings. The molecule has 1 aromatic heterocycles. The molecule has 0 aliphatic rings. The third kappa shape index (κ3) is 7.69. The van der Waals surface area contributed by atoms with Crippen LogP contribution in [0.25, 0.3) is 0 Å². The fraction of sp³-hybridized carbons (Fsp3) is 0.444. The van der Waals surface area contributed by atoms with Crippen LogP contribution in [0, 0.1) is 0 Å². The number of aromatic nitrogens is 2. The van der Waals surface area contributed by atoms with Crippen molar-refractivity contribution < 1.29 is 13.2 Å². The lowest BCUT2D eigenvalue weighted by molar-refractivity contribution is -0.142. The Morgan fingerprint density at radius 1 is 1.19 bits per heavy atom. The molecule has 0 radical (unpaired) electrons. The molecule has 1 heterocycles. The Labute approximate surface area is 157 Å². The highest BCUT2D eigenvalue weighted by Gasteiger charge is 2.28. The lowest BCUT2D eigenvalue weighted by Crippen LogP contribution is -2.42. The number of rotatable bonds is 8. The molecule has 9 heteroatoms. The second kappa shape index (κ2) is 9.96. The van der Waals surface area contributed by atoms with Gasteiger partial charge in [0.15, 0.2) is 5.96 Å². The van der Waals surface area contributed by atoms with Gasteiger partial charge in [0.05, 0.1) is 13.1 Å². The predicted molar refractivity (Wildman–Crippen MR) is 99.5 cm³/mol. The van der Waals surface area contributed by atoms with Gasteiger partial charge in [-0.25, -0.2) is 0 Å². The minimum Gasteiger partial charge on any atom is -0.355 e. The molecule has 0 saturated heterocycles. The number of halogens is 3. The van der Waals surface area contributed by atoms with E-state index in [0.29, 0.717) is 25.6 Å². The maximum absolute atomic E-state index is 12.3. The zero-order valence-electron chi connectivity index (χ0n) is 15.5. The van der Waals surface area contributed by atoms with Crippen LogP contribution < -0.4 is 10.6 Å². The third-order valence-electron chi connectivity index (χ3n) is 3.91. The number of hydrogen-bond acceptors (Lipinski definition) is 3. The van der Waals surface area contributed by atoms with Gasteiger partial charge in [0.1, 0.15) is 0 Å². The molecular formula is C18H25F3N6. The van der Waals surface area contributed by atoms with E-state index in [9.17, 15) is 13.2 Å². The number of benzene rings is 1. The monoisotopic (exact) mass is 382 g/mol. The van der Waals surface area contributed by atoms with Crippen LogP contribution in [0.3, 0.4) is 0 Å². The highest BCUT2D eigenvalue weighted by atomic mass is 19.4.